The smallest absolute Gasteiger partial charge is 0.218 e. The minimum absolute atomic E-state index is 0.351. The molecule has 0 aromatic carbocycles. The maximum Gasteiger partial charge on any atom is 0.218 e. The van der Waals surface area contributed by atoms with E-state index in [4.69, 9.17) is 10.5 Å². The second-order valence-electron chi connectivity index (χ2n) is 4.08. The molecule has 2 N–H and O–H groups in total. The summed E-state index contributed by atoms with van der Waals surface area (Å²) in [6.07, 6.45) is 0.934. The fourth-order valence-corrected chi connectivity index (χ4v) is 1.59. The Morgan fingerprint density at radius 2 is 2.18 bits per heavy atom. The van der Waals surface area contributed by atoms with Crippen LogP contribution < -0.4 is 15.4 Å². The Labute approximate surface area is 103 Å². The molecule has 0 saturated carbocycles. The molecule has 1 rings (SSSR count). The van der Waals surface area contributed by atoms with E-state index in [-0.39, 0.29) is 0 Å². The number of nitrogens with two attached hydrogens (primary N) is 1. The third-order valence-corrected chi connectivity index (χ3v) is 2.70. The Bertz CT molecular complexity index is 356. The summed E-state index contributed by atoms with van der Waals surface area (Å²) in [6.45, 7) is 7.22. The molecule has 1 aromatic heterocycles. The van der Waals surface area contributed by atoms with Crippen LogP contribution in [0.1, 0.15) is 26.1 Å². The molecule has 0 amide bonds. The molecule has 1 unspecified atom stereocenters. The average Bonchev–Trinajstić information content (AvgIpc) is 2.28. The first-order chi connectivity index (χ1) is 8.08. The molecule has 1 heterocycles. The fraction of sp³-hybridized carbons (Fsp3) is 0.667. The van der Waals surface area contributed by atoms with Crippen molar-refractivity contribution in [3.8, 4) is 5.88 Å². The highest BCUT2D eigenvalue weighted by Gasteiger charge is 2.12. The molecule has 0 aliphatic carbocycles. The van der Waals surface area contributed by atoms with Gasteiger partial charge in [-0.05, 0) is 33.7 Å². The molecule has 0 spiro atoms. The summed E-state index contributed by atoms with van der Waals surface area (Å²) in [4.78, 5) is 10.7. The van der Waals surface area contributed by atoms with Crippen LogP contribution in [-0.4, -0.2) is 36.2 Å². The quantitative estimate of drug-likeness (QED) is 0.810. The normalized spacial score (nSPS) is 12.3. The van der Waals surface area contributed by atoms with E-state index >= 15 is 0 Å². The van der Waals surface area contributed by atoms with Crippen molar-refractivity contribution in [1.82, 2.24) is 9.97 Å². The van der Waals surface area contributed by atoms with Gasteiger partial charge in [0, 0.05) is 19.2 Å². The van der Waals surface area contributed by atoms with Crippen LogP contribution in [0.15, 0.2) is 6.07 Å². The number of hydrogen-bond donors (Lipinski definition) is 1. The molecule has 0 aliphatic rings. The van der Waals surface area contributed by atoms with Crippen molar-refractivity contribution in [1.29, 1.82) is 0 Å². The van der Waals surface area contributed by atoms with E-state index in [0.29, 0.717) is 25.1 Å². The van der Waals surface area contributed by atoms with Crippen molar-refractivity contribution in [2.75, 3.05) is 25.1 Å². The maximum absolute atomic E-state index is 5.57. The zero-order valence-corrected chi connectivity index (χ0v) is 11.1. The van der Waals surface area contributed by atoms with E-state index < -0.39 is 0 Å². The molecular weight excluding hydrogens is 216 g/mol. The van der Waals surface area contributed by atoms with E-state index in [1.807, 2.05) is 27.0 Å². The molecule has 5 nitrogen and oxygen atoms in total. The van der Waals surface area contributed by atoms with Gasteiger partial charge in [0.1, 0.15) is 11.6 Å². The second kappa shape index (κ2) is 6.39. The molecule has 0 aliphatic heterocycles. The first-order valence-corrected chi connectivity index (χ1v) is 5.99. The molecule has 1 atom stereocenters. The summed E-state index contributed by atoms with van der Waals surface area (Å²) < 4.78 is 5.41. The van der Waals surface area contributed by atoms with E-state index in [0.717, 1.165) is 18.1 Å². The van der Waals surface area contributed by atoms with Gasteiger partial charge in [-0.25, -0.2) is 4.98 Å². The largest absolute Gasteiger partial charge is 0.478 e. The van der Waals surface area contributed by atoms with E-state index in [1.165, 1.54) is 0 Å². The Balaban J connectivity index is 2.88. The van der Waals surface area contributed by atoms with Crippen LogP contribution in [0.5, 0.6) is 5.88 Å². The van der Waals surface area contributed by atoms with Crippen LogP contribution in [0.2, 0.25) is 0 Å². The predicted molar refractivity (Wildman–Crippen MR) is 69.5 cm³/mol. The highest BCUT2D eigenvalue weighted by atomic mass is 16.5. The molecule has 17 heavy (non-hydrogen) atoms. The van der Waals surface area contributed by atoms with Crippen molar-refractivity contribution < 1.29 is 4.74 Å². The van der Waals surface area contributed by atoms with Gasteiger partial charge in [0.2, 0.25) is 5.88 Å². The van der Waals surface area contributed by atoms with Crippen molar-refractivity contribution in [2.24, 2.45) is 5.73 Å². The molecule has 0 fully saturated rings. The van der Waals surface area contributed by atoms with Gasteiger partial charge in [-0.1, -0.05) is 0 Å². The maximum atomic E-state index is 5.57. The lowest BCUT2D eigenvalue weighted by atomic mass is 10.2. The molecule has 96 valence electrons. The Morgan fingerprint density at radius 1 is 1.47 bits per heavy atom. The summed E-state index contributed by atoms with van der Waals surface area (Å²) in [7, 11) is 2.01. The Morgan fingerprint density at radius 3 is 2.76 bits per heavy atom. The third-order valence-electron chi connectivity index (χ3n) is 2.70. The molecule has 0 radical (unpaired) electrons. The second-order valence-corrected chi connectivity index (χ2v) is 4.08. The monoisotopic (exact) mass is 238 g/mol. The topological polar surface area (TPSA) is 64.3 Å². The van der Waals surface area contributed by atoms with Gasteiger partial charge in [0.15, 0.2) is 0 Å². The lowest BCUT2D eigenvalue weighted by molar-refractivity contribution is 0.325. The van der Waals surface area contributed by atoms with Gasteiger partial charge < -0.3 is 15.4 Å². The standard InChI is InChI=1S/C12H22N4O/c1-5-17-12-8-11(14-10(3)15-12)16(4)9(2)6-7-13/h8-9H,5-7,13H2,1-4H3. The first kappa shape index (κ1) is 13.7. The Kier molecular flexibility index (Phi) is 5.15. The summed E-state index contributed by atoms with van der Waals surface area (Å²) in [5, 5.41) is 0. The number of aromatic nitrogens is 2. The van der Waals surface area contributed by atoms with Crippen molar-refractivity contribution in [3.05, 3.63) is 11.9 Å². The van der Waals surface area contributed by atoms with Crippen LogP contribution in [0.3, 0.4) is 0 Å². The van der Waals surface area contributed by atoms with Crippen LogP contribution in [0.4, 0.5) is 5.82 Å². The van der Waals surface area contributed by atoms with Gasteiger partial charge in [0.05, 0.1) is 6.61 Å². The molecular formula is C12H22N4O. The number of nitrogens with zero attached hydrogens (tertiary/aromatic N) is 3. The third kappa shape index (κ3) is 3.85. The van der Waals surface area contributed by atoms with Crippen molar-refractivity contribution in [2.45, 2.75) is 33.2 Å². The van der Waals surface area contributed by atoms with E-state index in [9.17, 15) is 0 Å². The predicted octanol–water partition coefficient (Wildman–Crippen LogP) is 1.36. The minimum atomic E-state index is 0.351. The van der Waals surface area contributed by atoms with Crippen LogP contribution >= 0.6 is 0 Å². The highest BCUT2D eigenvalue weighted by molar-refractivity contribution is 5.41. The Hall–Kier alpha value is -1.36. The van der Waals surface area contributed by atoms with Gasteiger partial charge >= 0.3 is 0 Å². The molecule has 0 bridgehead atoms. The highest BCUT2D eigenvalue weighted by Crippen LogP contribution is 2.19. The number of hydrogen-bond acceptors (Lipinski definition) is 5. The van der Waals surface area contributed by atoms with E-state index in [1.54, 1.807) is 0 Å². The zero-order valence-electron chi connectivity index (χ0n) is 11.1. The van der Waals surface area contributed by atoms with E-state index in [2.05, 4.69) is 21.8 Å². The summed E-state index contributed by atoms with van der Waals surface area (Å²) >= 11 is 0. The number of aryl methyl sites for hydroxylation is 1. The van der Waals surface area contributed by atoms with Crippen molar-refractivity contribution in [3.63, 3.8) is 0 Å². The minimum Gasteiger partial charge on any atom is -0.478 e. The van der Waals surface area contributed by atoms with Gasteiger partial charge in [0.25, 0.3) is 0 Å². The molecule has 1 aromatic rings. The number of ether oxygens (including phenoxy) is 1. The SMILES string of the molecule is CCOc1cc(N(C)C(C)CCN)nc(C)n1. The van der Waals surface area contributed by atoms with Gasteiger partial charge in [-0.2, -0.15) is 4.98 Å². The zero-order chi connectivity index (χ0) is 12.8. The number of anilines is 1. The average molecular weight is 238 g/mol. The fourth-order valence-electron chi connectivity index (χ4n) is 1.59. The van der Waals surface area contributed by atoms with Crippen molar-refractivity contribution >= 4 is 5.82 Å². The van der Waals surface area contributed by atoms with Crippen LogP contribution in [-0.2, 0) is 0 Å². The van der Waals surface area contributed by atoms with Gasteiger partial charge in [-0.15, -0.1) is 0 Å². The lowest BCUT2D eigenvalue weighted by Crippen LogP contribution is -2.31. The van der Waals surface area contributed by atoms with Gasteiger partial charge in [-0.3, -0.25) is 0 Å². The molecule has 0 saturated heterocycles. The lowest BCUT2D eigenvalue weighted by Gasteiger charge is -2.25. The summed E-state index contributed by atoms with van der Waals surface area (Å²) in [5.41, 5.74) is 5.57. The molecule has 5 heteroatoms. The van der Waals surface area contributed by atoms with Crippen LogP contribution in [0, 0.1) is 6.92 Å². The number of rotatable bonds is 6. The first-order valence-electron chi connectivity index (χ1n) is 5.99. The summed E-state index contributed by atoms with van der Waals surface area (Å²) in [5.74, 6) is 2.22. The summed E-state index contributed by atoms with van der Waals surface area (Å²) in [6, 6.07) is 2.22. The van der Waals surface area contributed by atoms with Crippen LogP contribution in [0.25, 0.3) is 0 Å².